The average Bonchev–Trinajstić information content (AvgIpc) is 1.55. The number of aromatic nitrogens is 4. The minimum atomic E-state index is -0.918. The predicted molar refractivity (Wildman–Crippen MR) is 576 cm³/mol. The van der Waals surface area contributed by atoms with Gasteiger partial charge in [-0.1, -0.05) is 395 Å². The van der Waals surface area contributed by atoms with Crippen molar-refractivity contribution in [3.8, 4) is 113 Å². The van der Waals surface area contributed by atoms with Crippen LogP contribution >= 0.6 is 0 Å². The molecular formula is C129H146N4O6. The lowest BCUT2D eigenvalue weighted by Gasteiger charge is -2.35. The lowest BCUT2D eigenvalue weighted by Crippen LogP contribution is -2.29. The van der Waals surface area contributed by atoms with Crippen LogP contribution in [0.15, 0.2) is 274 Å². The quantitative estimate of drug-likeness (QED) is 0.0342. The second-order valence-corrected chi connectivity index (χ2v) is 39.4. The number of ether oxygens (including phenoxy) is 6. The van der Waals surface area contributed by atoms with Crippen molar-refractivity contribution >= 4 is 0 Å². The Balaban J connectivity index is 0.751. The molecule has 3 aliphatic carbocycles. The summed E-state index contributed by atoms with van der Waals surface area (Å²) in [5.74, 6) is 5.95. The number of aryl methyl sites for hydroxylation is 3. The third-order valence-corrected chi connectivity index (χ3v) is 29.5. The minimum absolute atomic E-state index is 0.569. The van der Waals surface area contributed by atoms with Gasteiger partial charge >= 0.3 is 0 Å². The predicted octanol–water partition coefficient (Wildman–Crippen LogP) is 34.3. The molecule has 0 radical (unpaired) electrons. The van der Waals surface area contributed by atoms with Crippen LogP contribution in [0.3, 0.4) is 0 Å². The average molecular weight is 1850 g/mol. The number of nitrogens with zero attached hydrogens (tertiary/aromatic N) is 4. The van der Waals surface area contributed by atoms with Crippen LogP contribution in [0.4, 0.5) is 0 Å². The molecule has 14 aromatic rings. The van der Waals surface area contributed by atoms with E-state index in [9.17, 15) is 0 Å². The Bertz CT molecular complexity index is 6390. The Morgan fingerprint density at radius 3 is 0.777 bits per heavy atom. The third kappa shape index (κ3) is 21.2. The van der Waals surface area contributed by atoms with E-state index >= 15 is 0 Å². The van der Waals surface area contributed by atoms with Gasteiger partial charge in [-0.2, -0.15) is 0 Å². The van der Waals surface area contributed by atoms with Gasteiger partial charge < -0.3 is 28.4 Å². The summed E-state index contributed by atoms with van der Waals surface area (Å²) in [6.07, 6.45) is 43.8. The maximum absolute atomic E-state index is 7.08. The van der Waals surface area contributed by atoms with Crippen LogP contribution in [0, 0.1) is 13.8 Å². The van der Waals surface area contributed by atoms with Crippen LogP contribution in [-0.4, -0.2) is 59.6 Å². The van der Waals surface area contributed by atoms with E-state index in [1.807, 2.05) is 24.8 Å². The summed E-state index contributed by atoms with van der Waals surface area (Å²) in [6, 6.07) is 93.8. The van der Waals surface area contributed by atoms with Crippen molar-refractivity contribution in [2.75, 3.05) is 39.6 Å². The summed E-state index contributed by atoms with van der Waals surface area (Å²) in [5, 5.41) is 0. The largest absolute Gasteiger partial charge is 0.490 e. The maximum Gasteiger partial charge on any atom is 0.161 e. The molecule has 2 heterocycles. The fourth-order valence-electron chi connectivity index (χ4n) is 22.0. The highest BCUT2D eigenvalue weighted by molar-refractivity contribution is 5.93. The lowest BCUT2D eigenvalue weighted by molar-refractivity contribution is 0.258. The number of hydrogen-bond donors (Lipinski definition) is 0. The Kier molecular flexibility index (Phi) is 33.6. The molecule has 3 atom stereocenters. The van der Waals surface area contributed by atoms with E-state index in [2.05, 4.69) is 311 Å². The van der Waals surface area contributed by atoms with Crippen LogP contribution in [0.5, 0.6) is 34.5 Å². The molecule has 17 rings (SSSR count). The molecule has 0 fully saturated rings. The standard InChI is InChI=1S/C129H146N4O6/c1-10-17-24-26-28-30-32-44-77-136-121-72-63-106(87-124(121)139-78-45-33-31-29-27-25-18-11-2)129(103-59-53-94(54-60-103)46-23-16-7)114-80-93(9)52-65-108(114)110-67-56-96(82-116(110)129)100-90-132-126(133-91-100)98-58-69-112-111-68-57-97(83-117(111)128(118(112)84-98,102-49-38-35-39-50-102)105-62-71-120(135-74-41-20-13-4)123(86-105)138-76-43-22-15-6)125-130-88-99(89-131-125)95-55-66-109-107-64-51-92(8)79-113(107)127(115(109)81-95,101-47-36-34-37-48-101)104-61-70-119(134-73-40-19-12-3)122(85-104)137-75-42-21-14-5/h34-39,47-72,79-91H,10-33,40-46,73-78H2,1-9H3. The number of benzene rings is 12. The summed E-state index contributed by atoms with van der Waals surface area (Å²) in [7, 11) is 0. The van der Waals surface area contributed by atoms with Crippen molar-refractivity contribution < 1.29 is 28.4 Å². The second-order valence-electron chi connectivity index (χ2n) is 39.4. The SMILES string of the molecule is CCCCCCCCCCOc1ccc(C2(c3ccc(CCCC)cc3)c3cc(C)ccc3-c3ccc(-c4cnc(-c5ccc6c(c5)C(c5ccccc5)(c5ccc(OCCCCC)c(OCCCCC)c5)c5cc(-c7ncc(-c8ccc9c(c8)C(c8ccccc8)(c8ccc(OCCCCC)c(OCCCCC)c8)c8cc(C)ccc8-9)cn7)ccc5-6)nc4)cc32)cc1OCCCCCCCCCC. The Hall–Kier alpha value is -12.4. The van der Waals surface area contributed by atoms with Gasteiger partial charge in [0.2, 0.25) is 0 Å². The molecule has 0 bridgehead atoms. The molecule has 0 amide bonds. The summed E-state index contributed by atoms with van der Waals surface area (Å²) in [6.45, 7) is 24.0. The second kappa shape index (κ2) is 47.5. The molecule has 718 valence electrons. The first-order valence-electron chi connectivity index (χ1n) is 53.4. The molecule has 10 nitrogen and oxygen atoms in total. The van der Waals surface area contributed by atoms with E-state index in [1.165, 1.54) is 149 Å². The van der Waals surface area contributed by atoms with Gasteiger partial charge in [0.1, 0.15) is 0 Å². The molecule has 3 aliphatic rings. The van der Waals surface area contributed by atoms with E-state index < -0.39 is 16.2 Å². The first-order chi connectivity index (χ1) is 68.5. The van der Waals surface area contributed by atoms with Gasteiger partial charge in [0.05, 0.1) is 55.9 Å². The molecule has 10 heteroatoms. The first kappa shape index (κ1) is 98.2. The maximum atomic E-state index is 7.08. The highest BCUT2D eigenvalue weighted by atomic mass is 16.5. The van der Waals surface area contributed by atoms with Crippen LogP contribution in [0.1, 0.15) is 325 Å². The fourth-order valence-corrected chi connectivity index (χ4v) is 22.0. The van der Waals surface area contributed by atoms with Crippen molar-refractivity contribution in [1.29, 1.82) is 0 Å². The summed E-state index contributed by atoms with van der Waals surface area (Å²) in [4.78, 5) is 21.7. The molecule has 12 aromatic carbocycles. The zero-order valence-corrected chi connectivity index (χ0v) is 84.4. The van der Waals surface area contributed by atoms with E-state index in [1.54, 1.807) is 0 Å². The van der Waals surface area contributed by atoms with Crippen LogP contribution in [-0.2, 0) is 22.7 Å². The van der Waals surface area contributed by atoms with Crippen molar-refractivity contribution in [3.63, 3.8) is 0 Å². The van der Waals surface area contributed by atoms with Crippen LogP contribution in [0.25, 0.3) is 78.4 Å². The minimum Gasteiger partial charge on any atom is -0.490 e. The molecule has 139 heavy (non-hydrogen) atoms. The van der Waals surface area contributed by atoms with Crippen LogP contribution < -0.4 is 28.4 Å². The number of hydrogen-bond acceptors (Lipinski definition) is 10. The molecule has 3 unspecified atom stereocenters. The topological polar surface area (TPSA) is 107 Å². The highest BCUT2D eigenvalue weighted by Crippen LogP contribution is 2.62. The van der Waals surface area contributed by atoms with Crippen molar-refractivity contribution in [2.24, 2.45) is 0 Å². The molecule has 0 spiro atoms. The van der Waals surface area contributed by atoms with Gasteiger partial charge in [0.15, 0.2) is 46.1 Å². The van der Waals surface area contributed by atoms with Gasteiger partial charge in [-0.05, 0) is 243 Å². The normalized spacial score (nSPS) is 15.2. The van der Waals surface area contributed by atoms with E-state index in [0.717, 1.165) is 234 Å². The molecular weight excluding hydrogens is 1700 g/mol. The van der Waals surface area contributed by atoms with Crippen molar-refractivity contribution in [1.82, 2.24) is 19.9 Å². The summed E-state index contributed by atoms with van der Waals surface area (Å²) >= 11 is 0. The first-order valence-corrected chi connectivity index (χ1v) is 53.4. The van der Waals surface area contributed by atoms with E-state index in [0.29, 0.717) is 51.3 Å². The fraction of sp³-hybridized carbons (Fsp3) is 0.380. The number of fused-ring (bicyclic) bond motifs is 9. The lowest BCUT2D eigenvalue weighted by atomic mass is 9.67. The Morgan fingerprint density at radius 1 is 0.201 bits per heavy atom. The van der Waals surface area contributed by atoms with Crippen LogP contribution in [0.2, 0.25) is 0 Å². The molecule has 0 N–H and O–H groups in total. The smallest absolute Gasteiger partial charge is 0.161 e. The monoisotopic (exact) mass is 1850 g/mol. The zero-order chi connectivity index (χ0) is 95.8. The van der Waals surface area contributed by atoms with Crippen molar-refractivity contribution in [3.05, 3.63) is 357 Å². The third-order valence-electron chi connectivity index (χ3n) is 29.5. The van der Waals surface area contributed by atoms with E-state index in [-0.39, 0.29) is 0 Å². The Labute approximate surface area is 830 Å². The summed E-state index contributed by atoms with van der Waals surface area (Å²) < 4.78 is 41.1. The molecule has 0 saturated heterocycles. The van der Waals surface area contributed by atoms with Gasteiger partial charge in [0.25, 0.3) is 0 Å². The van der Waals surface area contributed by atoms with E-state index in [4.69, 9.17) is 48.4 Å². The van der Waals surface area contributed by atoms with Gasteiger partial charge in [-0.25, -0.2) is 19.9 Å². The number of rotatable bonds is 53. The van der Waals surface area contributed by atoms with Gasteiger partial charge in [-0.3, -0.25) is 0 Å². The molecule has 0 saturated carbocycles. The Morgan fingerprint density at radius 2 is 0.453 bits per heavy atom. The zero-order valence-electron chi connectivity index (χ0n) is 84.4. The highest BCUT2D eigenvalue weighted by Gasteiger charge is 2.51. The summed E-state index contributed by atoms with van der Waals surface area (Å²) in [5.41, 5.74) is 28.2. The van der Waals surface area contributed by atoms with Gasteiger partial charge in [0, 0.05) is 47.0 Å². The molecule has 2 aromatic heterocycles. The molecule has 0 aliphatic heterocycles. The van der Waals surface area contributed by atoms with Crippen molar-refractivity contribution in [2.45, 2.75) is 278 Å². The van der Waals surface area contributed by atoms with Gasteiger partial charge in [-0.15, -0.1) is 0 Å². The number of unbranched alkanes of at least 4 members (excludes halogenated alkanes) is 23.